The molecule has 18 heavy (non-hydrogen) atoms. The first-order valence-corrected chi connectivity index (χ1v) is 5.50. The summed E-state index contributed by atoms with van der Waals surface area (Å²) in [6.45, 7) is 2.27. The van der Waals surface area contributed by atoms with Crippen molar-refractivity contribution in [2.75, 3.05) is 6.54 Å². The number of hydrogen-bond donors (Lipinski definition) is 1. The second-order valence-corrected chi connectivity index (χ2v) is 3.84. The summed E-state index contributed by atoms with van der Waals surface area (Å²) in [5, 5.41) is 2.43. The predicted molar refractivity (Wildman–Crippen MR) is 58.6 cm³/mol. The van der Waals surface area contributed by atoms with Gasteiger partial charge >= 0.3 is 6.18 Å². The van der Waals surface area contributed by atoms with Crippen molar-refractivity contribution in [2.24, 2.45) is 0 Å². The number of benzene rings is 1. The monoisotopic (exact) mass is 263 g/mol. The van der Waals surface area contributed by atoms with Crippen LogP contribution in [0.25, 0.3) is 0 Å². The Bertz CT molecular complexity index is 429. The average molecular weight is 263 g/mol. The molecule has 0 fully saturated rings. The molecule has 100 valence electrons. The van der Waals surface area contributed by atoms with Crippen LogP contribution in [-0.2, 0) is 6.18 Å². The lowest BCUT2D eigenvalue weighted by Gasteiger charge is -2.09. The largest absolute Gasteiger partial charge is 0.416 e. The van der Waals surface area contributed by atoms with Gasteiger partial charge in [0.25, 0.3) is 5.91 Å². The number of alkyl halides is 3. The van der Waals surface area contributed by atoms with E-state index in [2.05, 4.69) is 5.32 Å². The lowest BCUT2D eigenvalue weighted by Crippen LogP contribution is -2.25. The van der Waals surface area contributed by atoms with Crippen molar-refractivity contribution < 1.29 is 22.4 Å². The molecule has 1 aromatic rings. The Morgan fingerprint density at radius 1 is 1.28 bits per heavy atom. The zero-order valence-corrected chi connectivity index (χ0v) is 9.77. The molecule has 1 N–H and O–H groups in total. The van der Waals surface area contributed by atoms with E-state index in [9.17, 15) is 22.4 Å². The molecule has 0 radical (unpaired) electrons. The molecule has 1 rings (SSSR count). The van der Waals surface area contributed by atoms with Crippen LogP contribution in [0.2, 0.25) is 0 Å². The summed E-state index contributed by atoms with van der Waals surface area (Å²) in [7, 11) is 0. The molecule has 0 aromatic heterocycles. The van der Waals surface area contributed by atoms with Crippen LogP contribution in [0, 0.1) is 5.82 Å². The number of rotatable bonds is 4. The molecule has 0 aliphatic heterocycles. The zero-order valence-electron chi connectivity index (χ0n) is 9.77. The van der Waals surface area contributed by atoms with E-state index in [1.807, 2.05) is 6.92 Å². The second kappa shape index (κ2) is 5.84. The molecule has 1 amide bonds. The highest BCUT2D eigenvalue weighted by molar-refractivity contribution is 5.94. The fraction of sp³-hybridized carbons (Fsp3) is 0.417. The van der Waals surface area contributed by atoms with Crippen LogP contribution in [0.15, 0.2) is 18.2 Å². The van der Waals surface area contributed by atoms with Crippen molar-refractivity contribution >= 4 is 5.91 Å². The second-order valence-electron chi connectivity index (χ2n) is 3.84. The van der Waals surface area contributed by atoms with Gasteiger partial charge in [-0.3, -0.25) is 4.79 Å². The predicted octanol–water partition coefficient (Wildman–Crippen LogP) is 3.37. The number of halogens is 4. The first kappa shape index (κ1) is 14.5. The van der Waals surface area contributed by atoms with E-state index in [0.717, 1.165) is 12.5 Å². The normalized spacial score (nSPS) is 11.4. The van der Waals surface area contributed by atoms with Crippen LogP contribution in [0.3, 0.4) is 0 Å². The maximum Gasteiger partial charge on any atom is 0.416 e. The number of carbonyl (C=O) groups is 1. The Kier molecular flexibility index (Phi) is 4.69. The van der Waals surface area contributed by atoms with Gasteiger partial charge in [-0.2, -0.15) is 13.2 Å². The molecule has 2 nitrogen and oxygen atoms in total. The summed E-state index contributed by atoms with van der Waals surface area (Å²) >= 11 is 0. The van der Waals surface area contributed by atoms with E-state index in [1.54, 1.807) is 0 Å². The third-order valence-corrected chi connectivity index (χ3v) is 2.30. The molecule has 0 atom stereocenters. The van der Waals surface area contributed by atoms with E-state index >= 15 is 0 Å². The molecule has 1 aromatic carbocycles. The van der Waals surface area contributed by atoms with Crippen molar-refractivity contribution in [1.82, 2.24) is 5.32 Å². The van der Waals surface area contributed by atoms with Crippen molar-refractivity contribution in [1.29, 1.82) is 0 Å². The van der Waals surface area contributed by atoms with Crippen molar-refractivity contribution in [3.05, 3.63) is 35.1 Å². The summed E-state index contributed by atoms with van der Waals surface area (Å²) in [6.07, 6.45) is -3.11. The first-order valence-electron chi connectivity index (χ1n) is 5.50. The molecule has 6 heteroatoms. The van der Waals surface area contributed by atoms with Gasteiger partial charge in [0, 0.05) is 12.1 Å². The lowest BCUT2D eigenvalue weighted by atomic mass is 10.1. The standard InChI is InChI=1S/C12H13F4NO/c1-2-3-4-17-11(18)8-5-9(12(14,15)16)7-10(13)6-8/h5-7H,2-4H2,1H3,(H,17,18). The quantitative estimate of drug-likeness (QED) is 0.655. The molecule has 0 aliphatic carbocycles. The summed E-state index contributed by atoms with van der Waals surface area (Å²) in [4.78, 5) is 11.5. The van der Waals surface area contributed by atoms with E-state index in [0.29, 0.717) is 25.1 Å². The minimum absolute atomic E-state index is 0.321. The van der Waals surface area contributed by atoms with Gasteiger partial charge in [0.15, 0.2) is 0 Å². The Hall–Kier alpha value is -1.59. The molecule has 0 bridgehead atoms. The third-order valence-electron chi connectivity index (χ3n) is 2.30. The molecule has 0 aliphatic rings. The molecule has 0 saturated carbocycles. The van der Waals surface area contributed by atoms with Crippen LogP contribution in [-0.4, -0.2) is 12.5 Å². The molecular formula is C12H13F4NO. The van der Waals surface area contributed by atoms with Gasteiger partial charge in [0.2, 0.25) is 0 Å². The number of hydrogen-bond acceptors (Lipinski definition) is 1. The van der Waals surface area contributed by atoms with E-state index < -0.39 is 23.5 Å². The zero-order chi connectivity index (χ0) is 13.8. The van der Waals surface area contributed by atoms with Crippen molar-refractivity contribution in [3.8, 4) is 0 Å². The lowest BCUT2D eigenvalue weighted by molar-refractivity contribution is -0.137. The Morgan fingerprint density at radius 2 is 1.94 bits per heavy atom. The highest BCUT2D eigenvalue weighted by Crippen LogP contribution is 2.30. The maximum atomic E-state index is 13.0. The van der Waals surface area contributed by atoms with Crippen molar-refractivity contribution in [2.45, 2.75) is 25.9 Å². The Labute approximate surface area is 102 Å². The fourth-order valence-corrected chi connectivity index (χ4v) is 1.37. The average Bonchev–Trinajstić information content (AvgIpc) is 2.27. The Balaban J connectivity index is 2.89. The summed E-state index contributed by atoms with van der Waals surface area (Å²) in [6, 6.07) is 1.80. The Morgan fingerprint density at radius 3 is 2.50 bits per heavy atom. The number of carbonyl (C=O) groups excluding carboxylic acids is 1. The minimum Gasteiger partial charge on any atom is -0.352 e. The molecule has 0 saturated heterocycles. The topological polar surface area (TPSA) is 29.1 Å². The minimum atomic E-state index is -4.67. The van der Waals surface area contributed by atoms with Gasteiger partial charge in [-0.15, -0.1) is 0 Å². The SMILES string of the molecule is CCCCNC(=O)c1cc(F)cc(C(F)(F)F)c1. The van der Waals surface area contributed by atoms with Gasteiger partial charge in [-0.1, -0.05) is 13.3 Å². The van der Waals surface area contributed by atoms with E-state index in [-0.39, 0.29) is 5.56 Å². The number of nitrogens with one attached hydrogen (secondary N) is 1. The van der Waals surface area contributed by atoms with Crippen LogP contribution in [0.5, 0.6) is 0 Å². The number of unbranched alkanes of at least 4 members (excludes halogenated alkanes) is 1. The van der Waals surface area contributed by atoms with Crippen LogP contribution in [0.1, 0.15) is 35.7 Å². The van der Waals surface area contributed by atoms with Gasteiger partial charge < -0.3 is 5.32 Å². The van der Waals surface area contributed by atoms with Crippen LogP contribution in [0.4, 0.5) is 17.6 Å². The maximum absolute atomic E-state index is 13.0. The van der Waals surface area contributed by atoms with E-state index in [4.69, 9.17) is 0 Å². The van der Waals surface area contributed by atoms with Gasteiger partial charge in [0.1, 0.15) is 5.82 Å². The molecule has 0 heterocycles. The molecule has 0 unspecified atom stereocenters. The van der Waals surface area contributed by atoms with Crippen LogP contribution < -0.4 is 5.32 Å². The third kappa shape index (κ3) is 4.01. The van der Waals surface area contributed by atoms with Gasteiger partial charge in [-0.25, -0.2) is 4.39 Å². The smallest absolute Gasteiger partial charge is 0.352 e. The van der Waals surface area contributed by atoms with Crippen LogP contribution >= 0.6 is 0 Å². The van der Waals surface area contributed by atoms with E-state index in [1.165, 1.54) is 0 Å². The highest BCUT2D eigenvalue weighted by atomic mass is 19.4. The van der Waals surface area contributed by atoms with Gasteiger partial charge in [0.05, 0.1) is 5.56 Å². The summed E-state index contributed by atoms with van der Waals surface area (Å²) < 4.78 is 50.3. The molecular weight excluding hydrogens is 250 g/mol. The highest BCUT2D eigenvalue weighted by Gasteiger charge is 2.31. The summed E-state index contributed by atoms with van der Waals surface area (Å²) in [5.41, 5.74) is -1.48. The summed E-state index contributed by atoms with van der Waals surface area (Å²) in [5.74, 6) is -1.78. The number of amides is 1. The van der Waals surface area contributed by atoms with Crippen molar-refractivity contribution in [3.63, 3.8) is 0 Å². The fourth-order valence-electron chi connectivity index (χ4n) is 1.37. The molecule has 0 spiro atoms. The first-order chi connectivity index (χ1) is 8.34. The van der Waals surface area contributed by atoms with Gasteiger partial charge in [-0.05, 0) is 24.6 Å².